The Labute approximate surface area is 101 Å². The molecule has 2 rings (SSSR count). The van der Waals surface area contributed by atoms with Crippen LogP contribution in [0.25, 0.3) is 0 Å². The Hall–Kier alpha value is -1.63. The van der Waals surface area contributed by atoms with E-state index in [9.17, 15) is 5.11 Å². The quantitative estimate of drug-likeness (QED) is 0.774. The fourth-order valence-electron chi connectivity index (χ4n) is 1.96. The van der Waals surface area contributed by atoms with Crippen molar-refractivity contribution >= 4 is 0 Å². The number of hydrogen-bond acceptors (Lipinski definition) is 3. The van der Waals surface area contributed by atoms with Crippen LogP contribution in [0.15, 0.2) is 36.4 Å². The largest absolute Gasteiger partial charge is 0.387 e. The highest BCUT2D eigenvalue weighted by atomic mass is 16.3. The average Bonchev–Trinajstić information content (AvgIpc) is 2.89. The highest BCUT2D eigenvalue weighted by Crippen LogP contribution is 2.15. The van der Waals surface area contributed by atoms with Gasteiger partial charge in [-0.3, -0.25) is 0 Å². The second kappa shape index (κ2) is 5.62. The molecule has 1 aliphatic carbocycles. The molecule has 1 aromatic rings. The summed E-state index contributed by atoms with van der Waals surface area (Å²) in [5, 5.41) is 22.0. The Morgan fingerprint density at radius 2 is 1.94 bits per heavy atom. The fourth-order valence-corrected chi connectivity index (χ4v) is 1.96. The first kappa shape index (κ1) is 11.8. The van der Waals surface area contributed by atoms with Gasteiger partial charge in [-0.1, -0.05) is 24.3 Å². The van der Waals surface area contributed by atoms with Crippen LogP contribution in [-0.2, 0) is 0 Å². The minimum absolute atomic E-state index is 0.461. The Balaban J connectivity index is 1.86. The highest BCUT2D eigenvalue weighted by molar-refractivity contribution is 5.32. The van der Waals surface area contributed by atoms with Crippen molar-refractivity contribution in [2.45, 2.75) is 25.0 Å². The van der Waals surface area contributed by atoms with Gasteiger partial charge in [-0.15, -0.1) is 0 Å². The van der Waals surface area contributed by atoms with Gasteiger partial charge in [0.15, 0.2) is 0 Å². The standard InChI is InChI=1S/C14H16N2O/c15-9-11-5-7-12(8-6-11)14(17)10-16-13-3-1-2-4-13/h1-2,5-8,13-14,16-17H,3-4,10H2. The van der Waals surface area contributed by atoms with Gasteiger partial charge in [-0.25, -0.2) is 0 Å². The van der Waals surface area contributed by atoms with Crippen molar-refractivity contribution < 1.29 is 5.11 Å². The summed E-state index contributed by atoms with van der Waals surface area (Å²) < 4.78 is 0. The molecule has 1 atom stereocenters. The first-order chi connectivity index (χ1) is 8.29. The van der Waals surface area contributed by atoms with Crippen LogP contribution in [0.2, 0.25) is 0 Å². The molecule has 1 unspecified atom stereocenters. The highest BCUT2D eigenvalue weighted by Gasteiger charge is 2.12. The molecule has 17 heavy (non-hydrogen) atoms. The average molecular weight is 228 g/mol. The van der Waals surface area contributed by atoms with Gasteiger partial charge < -0.3 is 10.4 Å². The van der Waals surface area contributed by atoms with E-state index < -0.39 is 6.10 Å². The maximum Gasteiger partial charge on any atom is 0.0991 e. The molecule has 0 saturated heterocycles. The molecule has 0 radical (unpaired) electrons. The molecular formula is C14H16N2O. The number of aliphatic hydroxyl groups excluding tert-OH is 1. The van der Waals surface area contributed by atoms with Gasteiger partial charge >= 0.3 is 0 Å². The van der Waals surface area contributed by atoms with Crippen molar-refractivity contribution in [3.8, 4) is 6.07 Å². The Bertz CT molecular complexity index is 423. The van der Waals surface area contributed by atoms with E-state index in [0.717, 1.165) is 18.4 Å². The first-order valence-electron chi connectivity index (χ1n) is 5.86. The monoisotopic (exact) mass is 228 g/mol. The van der Waals surface area contributed by atoms with Crippen LogP contribution in [0, 0.1) is 11.3 Å². The van der Waals surface area contributed by atoms with Gasteiger partial charge in [0.2, 0.25) is 0 Å². The van der Waals surface area contributed by atoms with E-state index in [1.807, 2.05) is 0 Å². The van der Waals surface area contributed by atoms with Gasteiger partial charge in [-0.2, -0.15) is 5.26 Å². The van der Waals surface area contributed by atoms with Crippen molar-refractivity contribution in [1.29, 1.82) is 5.26 Å². The Morgan fingerprint density at radius 3 is 2.53 bits per heavy atom. The molecule has 0 aromatic heterocycles. The van der Waals surface area contributed by atoms with Crippen LogP contribution in [-0.4, -0.2) is 17.7 Å². The lowest BCUT2D eigenvalue weighted by molar-refractivity contribution is 0.170. The smallest absolute Gasteiger partial charge is 0.0991 e. The summed E-state index contributed by atoms with van der Waals surface area (Å²) in [4.78, 5) is 0. The third-order valence-corrected chi connectivity index (χ3v) is 3.03. The van der Waals surface area contributed by atoms with E-state index in [0.29, 0.717) is 18.2 Å². The number of hydrogen-bond donors (Lipinski definition) is 2. The summed E-state index contributed by atoms with van der Waals surface area (Å²) in [6.45, 7) is 0.554. The molecule has 0 aliphatic heterocycles. The minimum Gasteiger partial charge on any atom is -0.387 e. The van der Waals surface area contributed by atoms with Crippen LogP contribution < -0.4 is 5.32 Å². The van der Waals surface area contributed by atoms with Crippen LogP contribution in [0.3, 0.4) is 0 Å². The number of nitrogens with zero attached hydrogens (tertiary/aromatic N) is 1. The second-order valence-corrected chi connectivity index (χ2v) is 4.30. The number of benzene rings is 1. The van der Waals surface area contributed by atoms with Gasteiger partial charge in [0, 0.05) is 12.6 Å². The number of nitriles is 1. The van der Waals surface area contributed by atoms with Crippen LogP contribution in [0.1, 0.15) is 30.1 Å². The summed E-state index contributed by atoms with van der Waals surface area (Å²) in [6.07, 6.45) is 5.89. The summed E-state index contributed by atoms with van der Waals surface area (Å²) in [5.74, 6) is 0. The zero-order chi connectivity index (χ0) is 12.1. The third kappa shape index (κ3) is 3.16. The van der Waals surface area contributed by atoms with E-state index in [2.05, 4.69) is 23.5 Å². The molecule has 1 aromatic carbocycles. The number of rotatable bonds is 4. The van der Waals surface area contributed by atoms with Crippen molar-refractivity contribution in [3.63, 3.8) is 0 Å². The Kier molecular flexibility index (Phi) is 3.92. The van der Waals surface area contributed by atoms with Crippen LogP contribution >= 0.6 is 0 Å². The Morgan fingerprint density at radius 1 is 1.29 bits per heavy atom. The zero-order valence-electron chi connectivity index (χ0n) is 9.63. The molecule has 0 fully saturated rings. The van der Waals surface area contributed by atoms with Gasteiger partial charge in [-0.05, 0) is 30.5 Å². The maximum absolute atomic E-state index is 9.98. The van der Waals surface area contributed by atoms with Crippen molar-refractivity contribution in [1.82, 2.24) is 5.32 Å². The van der Waals surface area contributed by atoms with E-state index in [1.165, 1.54) is 0 Å². The van der Waals surface area contributed by atoms with Crippen LogP contribution in [0.5, 0.6) is 0 Å². The van der Waals surface area contributed by atoms with Crippen molar-refractivity contribution in [3.05, 3.63) is 47.5 Å². The predicted octanol–water partition coefficient (Wildman–Crippen LogP) is 1.90. The topological polar surface area (TPSA) is 56.0 Å². The lowest BCUT2D eigenvalue weighted by Crippen LogP contribution is -2.30. The summed E-state index contributed by atoms with van der Waals surface area (Å²) in [7, 11) is 0. The maximum atomic E-state index is 9.98. The van der Waals surface area contributed by atoms with E-state index >= 15 is 0 Å². The van der Waals surface area contributed by atoms with E-state index in [4.69, 9.17) is 5.26 Å². The van der Waals surface area contributed by atoms with Gasteiger partial charge in [0.1, 0.15) is 0 Å². The zero-order valence-corrected chi connectivity index (χ0v) is 9.63. The molecule has 0 amide bonds. The first-order valence-corrected chi connectivity index (χ1v) is 5.86. The molecule has 88 valence electrons. The molecule has 0 spiro atoms. The molecule has 0 saturated carbocycles. The van der Waals surface area contributed by atoms with E-state index in [-0.39, 0.29) is 0 Å². The SMILES string of the molecule is N#Cc1ccc(C(O)CNC2CC=CC2)cc1. The normalized spacial score (nSPS) is 16.9. The van der Waals surface area contributed by atoms with E-state index in [1.54, 1.807) is 24.3 Å². The predicted molar refractivity (Wildman–Crippen MR) is 66.3 cm³/mol. The van der Waals surface area contributed by atoms with Gasteiger partial charge in [0.25, 0.3) is 0 Å². The van der Waals surface area contributed by atoms with Gasteiger partial charge in [0.05, 0.1) is 17.7 Å². The summed E-state index contributed by atoms with van der Waals surface area (Å²) in [5.41, 5.74) is 1.47. The summed E-state index contributed by atoms with van der Waals surface area (Å²) in [6, 6.07) is 9.60. The minimum atomic E-state index is -0.511. The molecule has 1 aliphatic rings. The second-order valence-electron chi connectivity index (χ2n) is 4.30. The van der Waals surface area contributed by atoms with Crippen molar-refractivity contribution in [2.75, 3.05) is 6.54 Å². The van der Waals surface area contributed by atoms with Crippen molar-refractivity contribution in [2.24, 2.45) is 0 Å². The molecule has 0 bridgehead atoms. The lowest BCUT2D eigenvalue weighted by atomic mass is 10.1. The number of nitrogens with one attached hydrogen (secondary N) is 1. The molecule has 3 heteroatoms. The third-order valence-electron chi connectivity index (χ3n) is 3.03. The molecule has 0 heterocycles. The number of aliphatic hydroxyl groups is 1. The fraction of sp³-hybridized carbons (Fsp3) is 0.357. The van der Waals surface area contributed by atoms with Crippen LogP contribution in [0.4, 0.5) is 0 Å². The molecule has 3 nitrogen and oxygen atoms in total. The molecular weight excluding hydrogens is 212 g/mol. The molecule has 2 N–H and O–H groups in total. The lowest BCUT2D eigenvalue weighted by Gasteiger charge is -2.16. The summed E-state index contributed by atoms with van der Waals surface area (Å²) >= 11 is 0.